The topological polar surface area (TPSA) is 91.2 Å². The van der Waals surface area contributed by atoms with E-state index in [9.17, 15) is 9.90 Å². The van der Waals surface area contributed by atoms with E-state index in [1.54, 1.807) is 11.1 Å². The van der Waals surface area contributed by atoms with Crippen LogP contribution >= 0.6 is 11.3 Å². The van der Waals surface area contributed by atoms with Crippen LogP contribution < -0.4 is 5.32 Å². The van der Waals surface area contributed by atoms with Crippen LogP contribution in [-0.4, -0.2) is 50.1 Å². The molecule has 0 saturated carbocycles. The SMILES string of the molecule is Cc1cc2nc(NC(C)c3ccccn3)nc(C(=O)N3CCC(O)C3)c2s1. The van der Waals surface area contributed by atoms with Crippen molar-refractivity contribution in [3.63, 3.8) is 0 Å². The Balaban J connectivity index is 1.69. The van der Waals surface area contributed by atoms with Gasteiger partial charge in [-0.15, -0.1) is 11.3 Å². The third-order valence-electron chi connectivity index (χ3n) is 4.62. The zero-order chi connectivity index (χ0) is 19.0. The van der Waals surface area contributed by atoms with Crippen LogP contribution in [0, 0.1) is 6.92 Å². The first-order valence-electron chi connectivity index (χ1n) is 8.94. The summed E-state index contributed by atoms with van der Waals surface area (Å²) in [5.41, 5.74) is 2.02. The van der Waals surface area contributed by atoms with E-state index in [0.29, 0.717) is 31.2 Å². The fourth-order valence-electron chi connectivity index (χ4n) is 3.23. The number of thiophene rings is 1. The van der Waals surface area contributed by atoms with E-state index < -0.39 is 6.10 Å². The van der Waals surface area contributed by atoms with Crippen LogP contribution in [0.5, 0.6) is 0 Å². The van der Waals surface area contributed by atoms with Crippen LogP contribution in [0.3, 0.4) is 0 Å². The van der Waals surface area contributed by atoms with Crippen molar-refractivity contribution in [2.45, 2.75) is 32.4 Å². The molecule has 2 N–H and O–H groups in total. The first-order chi connectivity index (χ1) is 13.0. The highest BCUT2D eigenvalue weighted by atomic mass is 32.1. The molecule has 0 radical (unpaired) electrons. The summed E-state index contributed by atoms with van der Waals surface area (Å²) in [6, 6.07) is 7.60. The highest BCUT2D eigenvalue weighted by Gasteiger charge is 2.28. The summed E-state index contributed by atoms with van der Waals surface area (Å²) in [6.45, 7) is 4.86. The minimum absolute atomic E-state index is 0.0973. The number of carbonyl (C=O) groups excluding carboxylic acids is 1. The molecule has 0 aromatic carbocycles. The van der Waals surface area contributed by atoms with Gasteiger partial charge in [-0.05, 0) is 38.5 Å². The monoisotopic (exact) mass is 383 g/mol. The van der Waals surface area contributed by atoms with Crippen LogP contribution in [0.1, 0.15) is 40.4 Å². The average molecular weight is 383 g/mol. The molecule has 4 rings (SSSR count). The second kappa shape index (κ2) is 7.21. The Labute approximate surface area is 161 Å². The molecule has 8 heteroatoms. The minimum Gasteiger partial charge on any atom is -0.391 e. The summed E-state index contributed by atoms with van der Waals surface area (Å²) in [6.07, 6.45) is 1.89. The number of hydrogen-bond donors (Lipinski definition) is 2. The number of aliphatic hydroxyl groups is 1. The third kappa shape index (κ3) is 3.63. The van der Waals surface area contributed by atoms with E-state index >= 15 is 0 Å². The van der Waals surface area contributed by atoms with Crippen molar-refractivity contribution in [2.75, 3.05) is 18.4 Å². The maximum absolute atomic E-state index is 13.0. The highest BCUT2D eigenvalue weighted by Crippen LogP contribution is 2.29. The Morgan fingerprint density at radius 1 is 1.41 bits per heavy atom. The maximum Gasteiger partial charge on any atom is 0.274 e. The number of β-amino-alcohol motifs (C(OH)–C–C–N with tert-alkyl or cyclic N) is 1. The Kier molecular flexibility index (Phi) is 4.75. The molecule has 2 atom stereocenters. The Morgan fingerprint density at radius 3 is 2.96 bits per heavy atom. The first kappa shape index (κ1) is 17.8. The van der Waals surface area contributed by atoms with E-state index in [1.165, 1.54) is 11.3 Å². The average Bonchev–Trinajstić information content (AvgIpc) is 3.26. The van der Waals surface area contributed by atoms with Crippen molar-refractivity contribution in [3.8, 4) is 0 Å². The third-order valence-corrected chi connectivity index (χ3v) is 5.67. The molecule has 3 aromatic heterocycles. The van der Waals surface area contributed by atoms with Gasteiger partial charge in [0.2, 0.25) is 5.95 Å². The standard InChI is InChI=1S/C19H21N5O2S/c1-11-9-15-17(27-11)16(18(26)24-8-6-13(25)10-24)23-19(22-15)21-12(2)14-5-3-4-7-20-14/h3-5,7,9,12-13,25H,6,8,10H2,1-2H3,(H,21,22,23). The molecule has 3 aromatic rings. The van der Waals surface area contributed by atoms with Gasteiger partial charge in [0.1, 0.15) is 0 Å². The van der Waals surface area contributed by atoms with Crippen LogP contribution in [0.2, 0.25) is 0 Å². The fourth-order valence-corrected chi connectivity index (χ4v) is 4.17. The normalized spacial score (nSPS) is 18.0. The lowest BCUT2D eigenvalue weighted by Gasteiger charge is -2.17. The van der Waals surface area contributed by atoms with Crippen molar-refractivity contribution >= 4 is 33.4 Å². The molecular formula is C19H21N5O2S. The minimum atomic E-state index is -0.460. The summed E-state index contributed by atoms with van der Waals surface area (Å²) in [7, 11) is 0. The fraction of sp³-hybridized carbons (Fsp3) is 0.368. The van der Waals surface area contributed by atoms with Gasteiger partial charge in [0, 0.05) is 24.2 Å². The summed E-state index contributed by atoms with van der Waals surface area (Å²) >= 11 is 1.52. The number of hydrogen-bond acceptors (Lipinski definition) is 7. The number of aromatic nitrogens is 3. The molecule has 0 spiro atoms. The zero-order valence-corrected chi connectivity index (χ0v) is 16.0. The van der Waals surface area contributed by atoms with Gasteiger partial charge in [-0.1, -0.05) is 6.07 Å². The summed E-state index contributed by atoms with van der Waals surface area (Å²) in [4.78, 5) is 29.2. The number of carbonyl (C=O) groups is 1. The van der Waals surface area contributed by atoms with Crippen molar-refractivity contribution in [1.82, 2.24) is 19.9 Å². The molecular weight excluding hydrogens is 362 g/mol. The number of likely N-dealkylation sites (tertiary alicyclic amines) is 1. The van der Waals surface area contributed by atoms with Crippen LogP contribution in [0.15, 0.2) is 30.5 Å². The number of amides is 1. The van der Waals surface area contributed by atoms with Gasteiger partial charge in [0.15, 0.2) is 5.69 Å². The molecule has 1 aliphatic rings. The molecule has 1 amide bonds. The number of aryl methyl sites for hydroxylation is 1. The van der Waals surface area contributed by atoms with E-state index in [1.807, 2.05) is 38.1 Å². The van der Waals surface area contributed by atoms with Crippen LogP contribution in [0.4, 0.5) is 5.95 Å². The summed E-state index contributed by atoms with van der Waals surface area (Å²) in [5, 5.41) is 13.0. The van der Waals surface area contributed by atoms with Gasteiger partial charge in [-0.3, -0.25) is 9.78 Å². The van der Waals surface area contributed by atoms with E-state index in [2.05, 4.69) is 20.3 Å². The lowest BCUT2D eigenvalue weighted by molar-refractivity contribution is 0.0761. The number of pyridine rings is 1. The lowest BCUT2D eigenvalue weighted by Crippen LogP contribution is -2.30. The molecule has 1 saturated heterocycles. The number of fused-ring (bicyclic) bond motifs is 1. The molecule has 0 aliphatic carbocycles. The quantitative estimate of drug-likeness (QED) is 0.720. The predicted octanol–water partition coefficient (Wildman–Crippen LogP) is 2.77. The number of aliphatic hydroxyl groups excluding tert-OH is 1. The highest BCUT2D eigenvalue weighted by molar-refractivity contribution is 7.19. The Morgan fingerprint density at radius 2 is 2.26 bits per heavy atom. The van der Waals surface area contributed by atoms with Gasteiger partial charge < -0.3 is 15.3 Å². The van der Waals surface area contributed by atoms with Gasteiger partial charge >= 0.3 is 0 Å². The first-order valence-corrected chi connectivity index (χ1v) is 9.76. The summed E-state index contributed by atoms with van der Waals surface area (Å²) < 4.78 is 0.787. The number of nitrogens with one attached hydrogen (secondary N) is 1. The van der Waals surface area contributed by atoms with Gasteiger partial charge in [-0.25, -0.2) is 9.97 Å². The second-order valence-corrected chi connectivity index (χ2v) is 8.04. The molecule has 7 nitrogen and oxygen atoms in total. The van der Waals surface area contributed by atoms with Crippen molar-refractivity contribution in [3.05, 3.63) is 46.7 Å². The van der Waals surface area contributed by atoms with Crippen LogP contribution in [0.25, 0.3) is 10.2 Å². The molecule has 1 fully saturated rings. The number of anilines is 1. The van der Waals surface area contributed by atoms with E-state index in [4.69, 9.17) is 0 Å². The van der Waals surface area contributed by atoms with Crippen molar-refractivity contribution in [1.29, 1.82) is 0 Å². The van der Waals surface area contributed by atoms with Crippen LogP contribution in [-0.2, 0) is 0 Å². The molecule has 0 bridgehead atoms. The molecule has 2 unspecified atom stereocenters. The Hall–Kier alpha value is -2.58. The van der Waals surface area contributed by atoms with Gasteiger partial charge in [0.25, 0.3) is 5.91 Å². The molecule has 27 heavy (non-hydrogen) atoms. The molecule has 140 valence electrons. The molecule has 1 aliphatic heterocycles. The molecule has 4 heterocycles. The number of nitrogens with zero attached hydrogens (tertiary/aromatic N) is 4. The zero-order valence-electron chi connectivity index (χ0n) is 15.2. The van der Waals surface area contributed by atoms with Crippen molar-refractivity contribution < 1.29 is 9.90 Å². The smallest absolute Gasteiger partial charge is 0.274 e. The van der Waals surface area contributed by atoms with Crippen molar-refractivity contribution in [2.24, 2.45) is 0 Å². The van der Waals surface area contributed by atoms with Gasteiger partial charge in [0.05, 0.1) is 28.1 Å². The largest absolute Gasteiger partial charge is 0.391 e. The van der Waals surface area contributed by atoms with E-state index in [0.717, 1.165) is 20.8 Å². The van der Waals surface area contributed by atoms with Gasteiger partial charge in [-0.2, -0.15) is 0 Å². The van der Waals surface area contributed by atoms with E-state index in [-0.39, 0.29) is 11.9 Å². The second-order valence-electron chi connectivity index (χ2n) is 6.78. The number of rotatable bonds is 4. The maximum atomic E-state index is 13.0. The Bertz CT molecular complexity index is 975. The lowest BCUT2D eigenvalue weighted by atomic mass is 10.2. The predicted molar refractivity (Wildman–Crippen MR) is 105 cm³/mol. The summed E-state index contributed by atoms with van der Waals surface area (Å²) in [5.74, 6) is 0.246.